The molecular formula is C14H15F2N3. The van der Waals surface area contributed by atoms with Crippen LogP contribution >= 0.6 is 0 Å². The van der Waals surface area contributed by atoms with Crippen LogP contribution in [0.5, 0.6) is 0 Å². The summed E-state index contributed by atoms with van der Waals surface area (Å²) in [4.78, 5) is 4.09. The van der Waals surface area contributed by atoms with Crippen LogP contribution in [0.3, 0.4) is 0 Å². The lowest BCUT2D eigenvalue weighted by atomic mass is 9.96. The molecular weight excluding hydrogens is 248 g/mol. The Bertz CT molecular complexity index is 574. The van der Waals surface area contributed by atoms with Gasteiger partial charge >= 0.3 is 0 Å². The summed E-state index contributed by atoms with van der Waals surface area (Å²) in [5.74, 6) is -0.596. The molecule has 0 spiro atoms. The minimum atomic E-state index is -0.446. The maximum absolute atomic E-state index is 13.8. The van der Waals surface area contributed by atoms with E-state index in [1.165, 1.54) is 6.07 Å². The molecule has 1 fully saturated rings. The van der Waals surface area contributed by atoms with Gasteiger partial charge in [-0.25, -0.2) is 13.8 Å². The van der Waals surface area contributed by atoms with Gasteiger partial charge in [-0.15, -0.1) is 0 Å². The van der Waals surface area contributed by atoms with E-state index in [1.54, 1.807) is 17.1 Å². The highest BCUT2D eigenvalue weighted by atomic mass is 19.1. The molecule has 1 aromatic heterocycles. The zero-order valence-corrected chi connectivity index (χ0v) is 10.4. The summed E-state index contributed by atoms with van der Waals surface area (Å²) in [6, 6.07) is 3.47. The molecule has 0 aliphatic carbocycles. The van der Waals surface area contributed by atoms with Gasteiger partial charge in [0.2, 0.25) is 0 Å². The van der Waals surface area contributed by atoms with Gasteiger partial charge in [0.05, 0.1) is 12.0 Å². The van der Waals surface area contributed by atoms with Crippen LogP contribution in [-0.2, 0) is 0 Å². The van der Waals surface area contributed by atoms with Crippen molar-refractivity contribution in [2.75, 3.05) is 13.1 Å². The van der Waals surface area contributed by atoms with Crippen LogP contribution in [0.4, 0.5) is 8.78 Å². The summed E-state index contributed by atoms with van der Waals surface area (Å²) < 4.78 is 28.8. The van der Waals surface area contributed by atoms with Crippen LogP contribution in [0, 0.1) is 11.6 Å². The highest BCUT2D eigenvalue weighted by molar-refractivity contribution is 5.36. The van der Waals surface area contributed by atoms with E-state index in [9.17, 15) is 8.78 Å². The lowest BCUT2D eigenvalue weighted by Gasteiger charge is -2.23. The van der Waals surface area contributed by atoms with E-state index in [0.29, 0.717) is 5.92 Å². The van der Waals surface area contributed by atoms with E-state index >= 15 is 0 Å². The van der Waals surface area contributed by atoms with Crippen molar-refractivity contribution < 1.29 is 8.78 Å². The Hall–Kier alpha value is -1.75. The van der Waals surface area contributed by atoms with Crippen molar-refractivity contribution in [3.63, 3.8) is 0 Å². The van der Waals surface area contributed by atoms with Crippen LogP contribution in [0.15, 0.2) is 30.7 Å². The van der Waals surface area contributed by atoms with Crippen LogP contribution in [0.25, 0.3) is 5.69 Å². The van der Waals surface area contributed by atoms with Crippen molar-refractivity contribution in [3.05, 3.63) is 48.1 Å². The first-order valence-electron chi connectivity index (χ1n) is 6.44. The fraction of sp³-hybridized carbons (Fsp3) is 0.357. The average molecular weight is 263 g/mol. The predicted octanol–water partition coefficient (Wildman–Crippen LogP) is 2.62. The first-order valence-corrected chi connectivity index (χ1v) is 6.44. The van der Waals surface area contributed by atoms with Crippen LogP contribution in [0.1, 0.15) is 24.5 Å². The summed E-state index contributed by atoms with van der Waals surface area (Å²) in [6.07, 6.45) is 5.40. The van der Waals surface area contributed by atoms with E-state index in [4.69, 9.17) is 0 Å². The summed E-state index contributed by atoms with van der Waals surface area (Å²) in [5, 5.41) is 3.32. The quantitative estimate of drug-likeness (QED) is 0.902. The van der Waals surface area contributed by atoms with Crippen molar-refractivity contribution in [1.82, 2.24) is 14.9 Å². The van der Waals surface area contributed by atoms with Gasteiger partial charge in [-0.2, -0.15) is 0 Å². The molecule has 3 nitrogen and oxygen atoms in total. The maximum atomic E-state index is 13.8. The monoisotopic (exact) mass is 263 g/mol. The predicted molar refractivity (Wildman–Crippen MR) is 68.3 cm³/mol. The minimum absolute atomic E-state index is 0.220. The average Bonchev–Trinajstić information content (AvgIpc) is 2.91. The molecule has 1 aromatic carbocycles. The summed E-state index contributed by atoms with van der Waals surface area (Å²) in [6.45, 7) is 1.86. The lowest BCUT2D eigenvalue weighted by molar-refractivity contribution is 0.449. The third-order valence-corrected chi connectivity index (χ3v) is 3.55. The number of hydrogen-bond acceptors (Lipinski definition) is 2. The summed E-state index contributed by atoms with van der Waals surface area (Å²) >= 11 is 0. The highest BCUT2D eigenvalue weighted by Gasteiger charge is 2.20. The molecule has 1 aliphatic rings. The van der Waals surface area contributed by atoms with Gasteiger partial charge in [-0.05, 0) is 31.5 Å². The number of benzene rings is 1. The van der Waals surface area contributed by atoms with E-state index in [1.807, 2.05) is 0 Å². The molecule has 0 bridgehead atoms. The normalized spacial score (nSPS) is 19.6. The zero-order valence-electron chi connectivity index (χ0n) is 10.4. The Kier molecular flexibility index (Phi) is 3.29. The van der Waals surface area contributed by atoms with Crippen molar-refractivity contribution in [2.24, 2.45) is 0 Å². The van der Waals surface area contributed by atoms with Gasteiger partial charge in [-0.1, -0.05) is 0 Å². The van der Waals surface area contributed by atoms with Gasteiger partial charge in [0.25, 0.3) is 0 Å². The first kappa shape index (κ1) is 12.3. The molecule has 19 heavy (non-hydrogen) atoms. The topological polar surface area (TPSA) is 29.9 Å². The lowest BCUT2D eigenvalue weighted by Crippen LogP contribution is -2.29. The van der Waals surface area contributed by atoms with Gasteiger partial charge in [0.1, 0.15) is 11.6 Å². The van der Waals surface area contributed by atoms with Gasteiger partial charge in [0.15, 0.2) is 0 Å². The number of hydrogen-bond donors (Lipinski definition) is 1. The molecule has 2 aromatic rings. The Morgan fingerprint density at radius 3 is 3.00 bits per heavy atom. The number of halogens is 2. The molecule has 2 heterocycles. The van der Waals surface area contributed by atoms with Gasteiger partial charge in [-0.3, -0.25) is 4.57 Å². The number of piperidine rings is 1. The summed E-state index contributed by atoms with van der Waals surface area (Å²) in [5.41, 5.74) is 1.15. The Balaban J connectivity index is 2.01. The Morgan fingerprint density at radius 2 is 2.21 bits per heavy atom. The van der Waals surface area contributed by atoms with E-state index < -0.39 is 11.6 Å². The number of nitrogens with one attached hydrogen (secondary N) is 1. The van der Waals surface area contributed by atoms with Crippen LogP contribution in [0.2, 0.25) is 0 Å². The van der Waals surface area contributed by atoms with Crippen LogP contribution in [-0.4, -0.2) is 22.6 Å². The second-order valence-corrected chi connectivity index (χ2v) is 4.83. The van der Waals surface area contributed by atoms with Gasteiger partial charge < -0.3 is 5.32 Å². The molecule has 100 valence electrons. The molecule has 0 saturated carbocycles. The van der Waals surface area contributed by atoms with Gasteiger partial charge in [0, 0.05) is 30.4 Å². The molecule has 1 atom stereocenters. The van der Waals surface area contributed by atoms with Crippen LogP contribution < -0.4 is 5.32 Å². The standard InChI is InChI=1S/C14H15F2N3/c15-11-3-4-12(16)13(6-11)19-9-18-8-14(19)10-2-1-5-17-7-10/h3-4,6,8-10,17H,1-2,5,7H2. The molecule has 1 unspecified atom stereocenters. The zero-order chi connectivity index (χ0) is 13.2. The third-order valence-electron chi connectivity index (χ3n) is 3.55. The number of imidazole rings is 1. The SMILES string of the molecule is Fc1ccc(F)c(-n2cncc2C2CCCNC2)c1. The van der Waals surface area contributed by atoms with E-state index in [2.05, 4.69) is 10.3 Å². The Labute approximate surface area is 110 Å². The maximum Gasteiger partial charge on any atom is 0.147 e. The molecule has 0 amide bonds. The fourth-order valence-electron chi connectivity index (χ4n) is 2.58. The van der Waals surface area contributed by atoms with Crippen molar-refractivity contribution in [2.45, 2.75) is 18.8 Å². The first-order chi connectivity index (χ1) is 9.25. The molecule has 3 rings (SSSR count). The number of rotatable bonds is 2. The van der Waals surface area contributed by atoms with Crippen molar-refractivity contribution in [1.29, 1.82) is 0 Å². The second kappa shape index (κ2) is 5.09. The largest absolute Gasteiger partial charge is 0.316 e. The summed E-state index contributed by atoms with van der Waals surface area (Å²) in [7, 11) is 0. The third kappa shape index (κ3) is 2.38. The molecule has 1 aliphatic heterocycles. The second-order valence-electron chi connectivity index (χ2n) is 4.83. The minimum Gasteiger partial charge on any atom is -0.316 e. The highest BCUT2D eigenvalue weighted by Crippen LogP contribution is 2.26. The molecule has 5 heteroatoms. The van der Waals surface area contributed by atoms with E-state index in [0.717, 1.165) is 43.8 Å². The molecule has 1 saturated heterocycles. The number of aromatic nitrogens is 2. The van der Waals surface area contributed by atoms with Crippen molar-refractivity contribution in [3.8, 4) is 5.69 Å². The van der Waals surface area contributed by atoms with E-state index in [-0.39, 0.29) is 5.69 Å². The van der Waals surface area contributed by atoms with Crippen molar-refractivity contribution >= 4 is 0 Å². The number of nitrogens with zero attached hydrogens (tertiary/aromatic N) is 2. The molecule has 0 radical (unpaired) electrons. The Morgan fingerprint density at radius 1 is 1.32 bits per heavy atom. The molecule has 1 N–H and O–H groups in total. The smallest absolute Gasteiger partial charge is 0.147 e. The fourth-order valence-corrected chi connectivity index (χ4v) is 2.58.